The van der Waals surface area contributed by atoms with Crippen molar-refractivity contribution in [2.45, 2.75) is 38.0 Å². The summed E-state index contributed by atoms with van der Waals surface area (Å²) in [5.74, 6) is 0. The van der Waals surface area contributed by atoms with Crippen LogP contribution in [0.1, 0.15) is 31.7 Å². The van der Waals surface area contributed by atoms with Gasteiger partial charge in [0.1, 0.15) is 0 Å². The summed E-state index contributed by atoms with van der Waals surface area (Å²) < 4.78 is 1.21. The van der Waals surface area contributed by atoms with E-state index in [1.165, 1.54) is 16.5 Å². The Labute approximate surface area is 99.8 Å². The Morgan fingerprint density at radius 2 is 2.07 bits per heavy atom. The molecule has 0 saturated carbocycles. The Kier molecular flexibility index (Phi) is 5.57. The van der Waals surface area contributed by atoms with E-state index in [4.69, 9.17) is 11.6 Å². The lowest BCUT2D eigenvalue weighted by Gasteiger charge is -2.07. The average Bonchev–Trinajstić information content (AvgIpc) is 2.20. The van der Waals surface area contributed by atoms with E-state index < -0.39 is 0 Å². The molecule has 1 aromatic carbocycles. The van der Waals surface area contributed by atoms with Crippen LogP contribution in [0.5, 0.6) is 0 Å². The van der Waals surface area contributed by atoms with Gasteiger partial charge in [0, 0.05) is 9.85 Å². The number of hydrogen-bond acceptors (Lipinski definition) is 0. The van der Waals surface area contributed by atoms with Gasteiger partial charge >= 0.3 is 0 Å². The summed E-state index contributed by atoms with van der Waals surface area (Å²) in [7, 11) is 0. The second-order valence-electron chi connectivity index (χ2n) is 3.49. The Bertz CT molecular complexity index is 273. The van der Waals surface area contributed by atoms with Crippen LogP contribution in [-0.4, -0.2) is 5.38 Å². The Morgan fingerprint density at radius 1 is 1.36 bits per heavy atom. The smallest absolute Gasteiger partial charge is 0.0333 e. The number of rotatable bonds is 5. The van der Waals surface area contributed by atoms with Crippen molar-refractivity contribution in [2.24, 2.45) is 0 Å². The van der Waals surface area contributed by atoms with E-state index in [1.807, 2.05) is 6.07 Å². The highest BCUT2D eigenvalue weighted by molar-refractivity contribution is 9.10. The van der Waals surface area contributed by atoms with E-state index in [9.17, 15) is 0 Å². The molecule has 0 amide bonds. The highest BCUT2D eigenvalue weighted by atomic mass is 79.9. The van der Waals surface area contributed by atoms with Gasteiger partial charge < -0.3 is 0 Å². The van der Waals surface area contributed by atoms with Crippen LogP contribution in [0.25, 0.3) is 0 Å². The maximum absolute atomic E-state index is 6.06. The first-order valence-corrected chi connectivity index (χ1v) is 6.34. The second kappa shape index (κ2) is 6.47. The minimum Gasteiger partial charge on any atom is -0.123 e. The zero-order valence-corrected chi connectivity index (χ0v) is 10.8. The quantitative estimate of drug-likeness (QED) is 0.678. The predicted octanol–water partition coefficient (Wildman–Crippen LogP) is 4.79. The molecule has 1 unspecified atom stereocenters. The number of hydrogen-bond donors (Lipinski definition) is 0. The molecular formula is C12H16BrCl. The van der Waals surface area contributed by atoms with E-state index in [1.54, 1.807) is 0 Å². The highest BCUT2D eigenvalue weighted by Gasteiger charge is 2.02. The third-order valence-electron chi connectivity index (χ3n) is 2.36. The van der Waals surface area contributed by atoms with Gasteiger partial charge in [-0.25, -0.2) is 0 Å². The monoisotopic (exact) mass is 274 g/mol. The van der Waals surface area contributed by atoms with Gasteiger partial charge in [0.05, 0.1) is 0 Å². The number of halogens is 2. The van der Waals surface area contributed by atoms with Gasteiger partial charge in [-0.05, 0) is 37.3 Å². The van der Waals surface area contributed by atoms with Crippen molar-refractivity contribution in [1.29, 1.82) is 0 Å². The van der Waals surface area contributed by atoms with E-state index >= 15 is 0 Å². The molecule has 0 radical (unpaired) electrons. The van der Waals surface area contributed by atoms with Crippen LogP contribution in [0.3, 0.4) is 0 Å². The molecular weight excluding hydrogens is 259 g/mol. The fraction of sp³-hybridized carbons (Fsp3) is 0.500. The minimum atomic E-state index is 0.345. The van der Waals surface area contributed by atoms with Gasteiger partial charge in [-0.3, -0.25) is 0 Å². The van der Waals surface area contributed by atoms with Gasteiger partial charge in [0.2, 0.25) is 0 Å². The number of aryl methyl sites for hydroxylation is 1. The largest absolute Gasteiger partial charge is 0.123 e. The molecule has 1 rings (SSSR count). The van der Waals surface area contributed by atoms with Crippen molar-refractivity contribution in [2.75, 3.05) is 0 Å². The van der Waals surface area contributed by atoms with Crippen molar-refractivity contribution >= 4 is 27.5 Å². The van der Waals surface area contributed by atoms with Crippen LogP contribution < -0.4 is 0 Å². The molecule has 0 aromatic heterocycles. The summed E-state index contributed by atoms with van der Waals surface area (Å²) in [4.78, 5) is 0. The molecule has 0 saturated heterocycles. The average molecular weight is 276 g/mol. The van der Waals surface area contributed by atoms with Crippen LogP contribution in [0.2, 0.25) is 0 Å². The van der Waals surface area contributed by atoms with Gasteiger partial charge in [0.15, 0.2) is 0 Å². The third kappa shape index (κ3) is 4.02. The normalized spacial score (nSPS) is 12.8. The Morgan fingerprint density at radius 3 is 2.71 bits per heavy atom. The summed E-state index contributed by atoms with van der Waals surface area (Å²) in [6.07, 6.45) is 4.46. The zero-order valence-electron chi connectivity index (χ0n) is 8.47. The summed E-state index contributed by atoms with van der Waals surface area (Å²) in [6.45, 7) is 2.14. The number of alkyl halides is 1. The van der Waals surface area contributed by atoms with Crippen molar-refractivity contribution in [3.8, 4) is 0 Å². The molecule has 0 nitrogen and oxygen atoms in total. The summed E-state index contributed by atoms with van der Waals surface area (Å²) >= 11 is 9.61. The molecule has 0 aliphatic heterocycles. The van der Waals surface area contributed by atoms with E-state index in [0.29, 0.717) is 5.38 Å². The summed E-state index contributed by atoms with van der Waals surface area (Å²) in [6, 6.07) is 8.38. The van der Waals surface area contributed by atoms with Gasteiger partial charge in [0.25, 0.3) is 0 Å². The third-order valence-corrected chi connectivity index (χ3v) is 3.66. The van der Waals surface area contributed by atoms with Gasteiger partial charge in [-0.15, -0.1) is 11.6 Å². The first-order valence-electron chi connectivity index (χ1n) is 5.11. The SMILES string of the molecule is CCC(Cl)CCCc1ccccc1Br. The van der Waals surface area contributed by atoms with Crippen molar-refractivity contribution in [3.05, 3.63) is 34.3 Å². The van der Waals surface area contributed by atoms with Crippen LogP contribution in [-0.2, 0) is 6.42 Å². The molecule has 0 aliphatic carbocycles. The molecule has 1 atom stereocenters. The molecule has 2 heteroatoms. The van der Waals surface area contributed by atoms with Crippen LogP contribution in [0.15, 0.2) is 28.7 Å². The zero-order chi connectivity index (χ0) is 10.4. The van der Waals surface area contributed by atoms with E-state index in [0.717, 1.165) is 19.3 Å². The first kappa shape index (κ1) is 12.1. The molecule has 0 spiro atoms. The summed E-state index contributed by atoms with van der Waals surface area (Å²) in [5.41, 5.74) is 1.38. The molecule has 0 heterocycles. The van der Waals surface area contributed by atoms with Crippen molar-refractivity contribution < 1.29 is 0 Å². The fourth-order valence-corrected chi connectivity index (χ4v) is 2.06. The highest BCUT2D eigenvalue weighted by Crippen LogP contribution is 2.19. The topological polar surface area (TPSA) is 0 Å². The van der Waals surface area contributed by atoms with Crippen molar-refractivity contribution in [1.82, 2.24) is 0 Å². The maximum Gasteiger partial charge on any atom is 0.0333 e. The Hall–Kier alpha value is -0.0100. The maximum atomic E-state index is 6.06. The van der Waals surface area contributed by atoms with Gasteiger partial charge in [-0.1, -0.05) is 41.1 Å². The minimum absolute atomic E-state index is 0.345. The van der Waals surface area contributed by atoms with Crippen LogP contribution in [0.4, 0.5) is 0 Å². The molecule has 1 aromatic rings. The number of benzene rings is 1. The van der Waals surface area contributed by atoms with Gasteiger partial charge in [-0.2, -0.15) is 0 Å². The van der Waals surface area contributed by atoms with Crippen LogP contribution in [0, 0.1) is 0 Å². The molecule has 0 N–H and O–H groups in total. The molecule has 14 heavy (non-hydrogen) atoms. The fourth-order valence-electron chi connectivity index (χ4n) is 1.42. The predicted molar refractivity (Wildman–Crippen MR) is 67.0 cm³/mol. The molecule has 78 valence electrons. The standard InChI is InChI=1S/C12H16BrCl/c1-2-11(14)8-5-7-10-6-3-4-9-12(10)13/h3-4,6,9,11H,2,5,7-8H2,1H3. The van der Waals surface area contributed by atoms with Crippen LogP contribution >= 0.6 is 27.5 Å². The second-order valence-corrected chi connectivity index (χ2v) is 4.96. The Balaban J connectivity index is 2.35. The van der Waals surface area contributed by atoms with E-state index in [-0.39, 0.29) is 0 Å². The lowest BCUT2D eigenvalue weighted by atomic mass is 10.1. The first-order chi connectivity index (χ1) is 6.74. The molecule has 0 fully saturated rings. The lowest BCUT2D eigenvalue weighted by Crippen LogP contribution is -1.97. The lowest BCUT2D eigenvalue weighted by molar-refractivity contribution is 0.674. The van der Waals surface area contributed by atoms with E-state index in [2.05, 4.69) is 41.1 Å². The molecule has 0 bridgehead atoms. The van der Waals surface area contributed by atoms with Crippen molar-refractivity contribution in [3.63, 3.8) is 0 Å². The molecule has 0 aliphatic rings. The summed E-state index contributed by atoms with van der Waals surface area (Å²) in [5, 5.41) is 0.345.